The van der Waals surface area contributed by atoms with Gasteiger partial charge in [-0.2, -0.15) is 0 Å². The third-order valence-electron chi connectivity index (χ3n) is 2.15. The van der Waals surface area contributed by atoms with Crippen LogP contribution in [0, 0.1) is 0 Å². The molecule has 0 aromatic carbocycles. The van der Waals surface area contributed by atoms with E-state index >= 15 is 0 Å². The monoisotopic (exact) mass is 276 g/mol. The number of carbonyl (C=O) groups excluding carboxylic acids is 2. The lowest BCUT2D eigenvalue weighted by atomic mass is 10.1. The van der Waals surface area contributed by atoms with Crippen molar-refractivity contribution in [1.82, 2.24) is 0 Å². The van der Waals surface area contributed by atoms with Crippen molar-refractivity contribution in [2.24, 2.45) is 0 Å². The van der Waals surface area contributed by atoms with E-state index in [1.165, 1.54) is 13.8 Å². The van der Waals surface area contributed by atoms with Crippen molar-refractivity contribution in [2.45, 2.75) is 45.8 Å². The lowest BCUT2D eigenvalue weighted by Gasteiger charge is -2.30. The summed E-state index contributed by atoms with van der Waals surface area (Å²) in [4.78, 5) is 30.4. The highest BCUT2D eigenvalue weighted by atomic mass is 16.6. The Hall–Kier alpha value is -1.63. The third kappa shape index (κ3) is 10.0. The van der Waals surface area contributed by atoms with Crippen molar-refractivity contribution in [3.63, 3.8) is 0 Å². The lowest BCUT2D eigenvalue weighted by Crippen LogP contribution is -2.40. The summed E-state index contributed by atoms with van der Waals surface area (Å²) >= 11 is 0. The fourth-order valence-electron chi connectivity index (χ4n) is 1.52. The maximum atomic E-state index is 10.8. The van der Waals surface area contributed by atoms with E-state index in [1.54, 1.807) is 0 Å². The van der Waals surface area contributed by atoms with E-state index in [0.29, 0.717) is 6.61 Å². The highest BCUT2D eigenvalue weighted by Gasteiger charge is 2.29. The zero-order chi connectivity index (χ0) is 14.8. The second-order valence-corrected chi connectivity index (χ2v) is 4.02. The molecule has 0 saturated carbocycles. The number of carboxylic acid groups (broad SMARTS) is 1. The van der Waals surface area contributed by atoms with Gasteiger partial charge in [-0.25, -0.2) is 0 Å². The van der Waals surface area contributed by atoms with Crippen LogP contribution in [-0.2, 0) is 28.6 Å². The summed E-state index contributed by atoms with van der Waals surface area (Å²) in [6, 6.07) is 0. The van der Waals surface area contributed by atoms with Gasteiger partial charge in [0.25, 0.3) is 5.97 Å². The number of ether oxygens (including phenoxy) is 3. The number of hydrogen-bond donors (Lipinski definition) is 1. The molecular weight excluding hydrogens is 256 g/mol. The van der Waals surface area contributed by atoms with Crippen LogP contribution in [0.2, 0.25) is 0 Å². The first-order valence-corrected chi connectivity index (χ1v) is 5.94. The molecule has 0 aromatic rings. The summed E-state index contributed by atoms with van der Waals surface area (Å²) < 4.78 is 15.3. The van der Waals surface area contributed by atoms with Gasteiger partial charge in [0.05, 0.1) is 0 Å². The smallest absolute Gasteiger partial charge is 0.302 e. The van der Waals surface area contributed by atoms with E-state index in [0.717, 1.165) is 19.8 Å². The second-order valence-electron chi connectivity index (χ2n) is 4.02. The van der Waals surface area contributed by atoms with Gasteiger partial charge in [-0.3, -0.25) is 14.4 Å². The number of hydrogen-bond acceptors (Lipinski definition) is 6. The van der Waals surface area contributed by atoms with Crippen molar-refractivity contribution in [1.29, 1.82) is 0 Å². The van der Waals surface area contributed by atoms with Gasteiger partial charge >= 0.3 is 11.9 Å². The summed E-state index contributed by atoms with van der Waals surface area (Å²) in [7, 11) is 0. The molecule has 19 heavy (non-hydrogen) atoms. The predicted molar refractivity (Wildman–Crippen MR) is 64.5 cm³/mol. The predicted octanol–water partition coefficient (Wildman–Crippen LogP) is 0.751. The van der Waals surface area contributed by atoms with Gasteiger partial charge in [0.1, 0.15) is 18.8 Å². The van der Waals surface area contributed by atoms with E-state index in [4.69, 9.17) is 24.1 Å². The Kier molecular flexibility index (Phi) is 8.52. The highest BCUT2D eigenvalue weighted by molar-refractivity contribution is 5.66. The van der Waals surface area contributed by atoms with Gasteiger partial charge in [0.2, 0.25) is 0 Å². The Bertz CT molecular complexity index is 309. The fourth-order valence-corrected chi connectivity index (χ4v) is 1.52. The molecule has 0 aliphatic carbocycles. The molecule has 0 aromatic heterocycles. The molecule has 1 rings (SSSR count). The average molecular weight is 276 g/mol. The molecule has 0 radical (unpaired) electrons. The Labute approximate surface area is 111 Å². The van der Waals surface area contributed by atoms with Gasteiger partial charge in [-0.1, -0.05) is 0 Å². The van der Waals surface area contributed by atoms with E-state index in [-0.39, 0.29) is 30.8 Å². The van der Waals surface area contributed by atoms with Gasteiger partial charge < -0.3 is 19.3 Å². The van der Waals surface area contributed by atoms with Crippen LogP contribution in [-0.4, -0.2) is 48.4 Å². The molecule has 2 atom stereocenters. The summed E-state index contributed by atoms with van der Waals surface area (Å²) in [5.41, 5.74) is 0. The van der Waals surface area contributed by atoms with Crippen molar-refractivity contribution in [2.75, 3.05) is 13.2 Å². The Morgan fingerprint density at radius 2 is 1.79 bits per heavy atom. The molecule has 110 valence electrons. The normalized spacial score (nSPS) is 21.6. The molecule has 0 spiro atoms. The molecule has 1 aliphatic heterocycles. The van der Waals surface area contributed by atoms with Gasteiger partial charge in [-0.05, 0) is 12.8 Å². The molecule has 0 amide bonds. The number of carbonyl (C=O) groups is 3. The molecule has 7 nitrogen and oxygen atoms in total. The lowest BCUT2D eigenvalue weighted by molar-refractivity contribution is -0.170. The summed E-state index contributed by atoms with van der Waals surface area (Å²) in [6.07, 6.45) is 0.988. The maximum Gasteiger partial charge on any atom is 0.302 e. The SMILES string of the molecule is CC(=O)O.CC(=O)OCC1OCCCC1OC(C)=O. The van der Waals surface area contributed by atoms with Crippen molar-refractivity contribution in [3.05, 3.63) is 0 Å². The number of rotatable bonds is 3. The van der Waals surface area contributed by atoms with E-state index in [2.05, 4.69) is 0 Å². The van der Waals surface area contributed by atoms with Gasteiger partial charge in [0, 0.05) is 27.4 Å². The highest BCUT2D eigenvalue weighted by Crippen LogP contribution is 2.17. The summed E-state index contributed by atoms with van der Waals surface area (Å²) in [5, 5.41) is 7.42. The minimum atomic E-state index is -0.833. The van der Waals surface area contributed by atoms with Crippen LogP contribution in [0.15, 0.2) is 0 Å². The molecule has 1 saturated heterocycles. The average Bonchev–Trinajstić information content (AvgIpc) is 2.26. The van der Waals surface area contributed by atoms with E-state index in [9.17, 15) is 9.59 Å². The van der Waals surface area contributed by atoms with Crippen LogP contribution in [0.3, 0.4) is 0 Å². The molecule has 1 heterocycles. The first-order chi connectivity index (χ1) is 8.82. The van der Waals surface area contributed by atoms with Crippen LogP contribution in [0.4, 0.5) is 0 Å². The quantitative estimate of drug-likeness (QED) is 0.759. The molecule has 0 bridgehead atoms. The first-order valence-electron chi connectivity index (χ1n) is 5.94. The minimum absolute atomic E-state index is 0.146. The van der Waals surface area contributed by atoms with Crippen LogP contribution < -0.4 is 0 Å². The van der Waals surface area contributed by atoms with Crippen molar-refractivity contribution < 1.29 is 33.7 Å². The zero-order valence-electron chi connectivity index (χ0n) is 11.4. The molecule has 1 fully saturated rings. The number of esters is 2. The van der Waals surface area contributed by atoms with Gasteiger partial charge in [0.15, 0.2) is 0 Å². The third-order valence-corrected chi connectivity index (χ3v) is 2.15. The van der Waals surface area contributed by atoms with E-state index in [1.807, 2.05) is 0 Å². The van der Waals surface area contributed by atoms with Crippen LogP contribution in [0.1, 0.15) is 33.6 Å². The van der Waals surface area contributed by atoms with Gasteiger partial charge in [-0.15, -0.1) is 0 Å². The van der Waals surface area contributed by atoms with Crippen LogP contribution >= 0.6 is 0 Å². The molecule has 2 unspecified atom stereocenters. The fraction of sp³-hybridized carbons (Fsp3) is 0.750. The van der Waals surface area contributed by atoms with Crippen molar-refractivity contribution >= 4 is 17.9 Å². The molecule has 7 heteroatoms. The zero-order valence-corrected chi connectivity index (χ0v) is 11.4. The van der Waals surface area contributed by atoms with E-state index < -0.39 is 5.97 Å². The molecule has 1 aliphatic rings. The van der Waals surface area contributed by atoms with Crippen LogP contribution in [0.5, 0.6) is 0 Å². The maximum absolute atomic E-state index is 10.8. The van der Waals surface area contributed by atoms with Crippen molar-refractivity contribution in [3.8, 4) is 0 Å². The standard InChI is InChI=1S/C10H16O5.C2H4O2/c1-7(11)14-6-10-9(15-8(2)12)4-3-5-13-10;1-2(3)4/h9-10H,3-6H2,1-2H3;1H3,(H,3,4). The molecule has 1 N–H and O–H groups in total. The number of aliphatic carboxylic acids is 1. The molecular formula is C12H20O7. The minimum Gasteiger partial charge on any atom is -0.481 e. The first kappa shape index (κ1) is 17.4. The second kappa shape index (κ2) is 9.32. The summed E-state index contributed by atoms with van der Waals surface area (Å²) in [6.45, 7) is 4.54. The Morgan fingerprint density at radius 1 is 1.21 bits per heavy atom. The topological polar surface area (TPSA) is 99.1 Å². The Morgan fingerprint density at radius 3 is 2.26 bits per heavy atom. The van der Waals surface area contributed by atoms with Crippen LogP contribution in [0.25, 0.3) is 0 Å². The number of carboxylic acids is 1. The Balaban J connectivity index is 0.000000711. The largest absolute Gasteiger partial charge is 0.481 e. The summed E-state index contributed by atoms with van der Waals surface area (Å²) in [5.74, 6) is -1.52.